The molecule has 1 aliphatic carbocycles. The average molecular weight is 478 g/mol. The van der Waals surface area contributed by atoms with Crippen LogP contribution in [0.3, 0.4) is 0 Å². The van der Waals surface area contributed by atoms with Crippen molar-refractivity contribution in [3.05, 3.63) is 69.3 Å². The molecule has 6 nitrogen and oxygen atoms in total. The first-order valence-corrected chi connectivity index (χ1v) is 12.6. The van der Waals surface area contributed by atoms with E-state index in [-0.39, 0.29) is 11.7 Å². The molecule has 0 amide bonds. The number of benzene rings is 1. The molecule has 1 fully saturated rings. The van der Waals surface area contributed by atoms with E-state index in [2.05, 4.69) is 16.9 Å². The molecule has 0 spiro atoms. The van der Waals surface area contributed by atoms with E-state index in [4.69, 9.17) is 16.6 Å². The van der Waals surface area contributed by atoms with Gasteiger partial charge in [-0.1, -0.05) is 43.5 Å². The Hall–Kier alpha value is -2.90. The van der Waals surface area contributed by atoms with E-state index >= 15 is 0 Å². The Morgan fingerprint density at radius 1 is 1.24 bits per heavy atom. The van der Waals surface area contributed by atoms with Gasteiger partial charge in [-0.2, -0.15) is 0 Å². The number of H-pyrrole nitrogens is 1. The van der Waals surface area contributed by atoms with Gasteiger partial charge in [0.25, 0.3) is 0 Å². The Kier molecular flexibility index (Phi) is 5.11. The maximum atomic E-state index is 13.9. The molecule has 2 atom stereocenters. The second-order valence-electron chi connectivity index (χ2n) is 8.95. The summed E-state index contributed by atoms with van der Waals surface area (Å²) in [7, 11) is 0. The Morgan fingerprint density at radius 3 is 2.97 bits per heavy atom. The minimum atomic E-state index is 0.0246. The zero-order valence-corrected chi connectivity index (χ0v) is 19.9. The van der Waals surface area contributed by atoms with Crippen LogP contribution in [0.1, 0.15) is 44.3 Å². The fraction of sp³-hybridized carbons (Fsp3) is 0.320. The van der Waals surface area contributed by atoms with Crippen LogP contribution in [0.5, 0.6) is 0 Å². The quantitative estimate of drug-likeness (QED) is 0.332. The van der Waals surface area contributed by atoms with Gasteiger partial charge in [-0.05, 0) is 37.0 Å². The van der Waals surface area contributed by atoms with Gasteiger partial charge < -0.3 is 4.98 Å². The van der Waals surface area contributed by atoms with Gasteiger partial charge in [-0.3, -0.25) is 9.13 Å². The fourth-order valence-corrected chi connectivity index (χ4v) is 6.20. The van der Waals surface area contributed by atoms with Gasteiger partial charge in [-0.15, -0.1) is 11.3 Å². The number of halogens is 1. The lowest BCUT2D eigenvalue weighted by molar-refractivity contribution is 0.256. The molecular weight excluding hydrogens is 454 g/mol. The molecule has 1 saturated carbocycles. The molecule has 1 aromatic carbocycles. The van der Waals surface area contributed by atoms with Crippen molar-refractivity contribution in [2.45, 2.75) is 45.2 Å². The fourth-order valence-electron chi connectivity index (χ4n) is 5.20. The highest BCUT2D eigenvalue weighted by Gasteiger charge is 2.29. The molecule has 5 aromatic rings. The number of pyridine rings is 1. The van der Waals surface area contributed by atoms with Crippen LogP contribution in [0.25, 0.3) is 32.6 Å². The summed E-state index contributed by atoms with van der Waals surface area (Å²) in [6.07, 6.45) is 8.29. The lowest BCUT2D eigenvalue weighted by atomic mass is 9.85. The average Bonchev–Trinajstić information content (AvgIpc) is 3.53. The normalized spacial score (nSPS) is 19.0. The summed E-state index contributed by atoms with van der Waals surface area (Å²) in [5.74, 6) is 0.464. The minimum absolute atomic E-state index is 0.0246. The molecule has 0 radical (unpaired) electrons. The Balaban J connectivity index is 1.48. The first-order valence-electron chi connectivity index (χ1n) is 11.4. The first-order chi connectivity index (χ1) is 16.1. The van der Waals surface area contributed by atoms with Gasteiger partial charge in [0.15, 0.2) is 0 Å². The zero-order chi connectivity index (χ0) is 22.5. The molecule has 0 aliphatic heterocycles. The van der Waals surface area contributed by atoms with Gasteiger partial charge in [0.2, 0.25) is 0 Å². The lowest BCUT2D eigenvalue weighted by Gasteiger charge is -2.29. The van der Waals surface area contributed by atoms with Crippen LogP contribution in [-0.4, -0.2) is 24.1 Å². The number of thiazole rings is 1. The van der Waals surface area contributed by atoms with Crippen molar-refractivity contribution in [3.8, 4) is 10.6 Å². The molecular formula is C25H24ClN5OS. The van der Waals surface area contributed by atoms with E-state index in [0.29, 0.717) is 17.5 Å². The minimum Gasteiger partial charge on any atom is -0.346 e. The maximum absolute atomic E-state index is 13.9. The lowest BCUT2D eigenvalue weighted by Crippen LogP contribution is -2.32. The van der Waals surface area contributed by atoms with E-state index in [0.717, 1.165) is 57.6 Å². The molecule has 4 heterocycles. The summed E-state index contributed by atoms with van der Waals surface area (Å²) in [5.41, 5.74) is 4.53. The highest BCUT2D eigenvalue weighted by Crippen LogP contribution is 2.36. The SMILES string of the molecule is C[C@@H]1CCCC[C@@H]1n1c(=O)n(Cc2csc(-c3cccc(Cl)c3)n2)c2cnc3[nH]ccc3c21. The third-order valence-electron chi connectivity index (χ3n) is 6.85. The van der Waals surface area contributed by atoms with Crippen molar-refractivity contribution in [1.82, 2.24) is 24.1 Å². The van der Waals surface area contributed by atoms with Crippen LogP contribution in [-0.2, 0) is 6.54 Å². The van der Waals surface area contributed by atoms with E-state index in [1.165, 1.54) is 6.42 Å². The molecule has 0 unspecified atom stereocenters. The van der Waals surface area contributed by atoms with Crippen LogP contribution >= 0.6 is 22.9 Å². The van der Waals surface area contributed by atoms with Crippen molar-refractivity contribution >= 4 is 45.0 Å². The molecule has 33 heavy (non-hydrogen) atoms. The summed E-state index contributed by atoms with van der Waals surface area (Å²) < 4.78 is 3.88. The summed E-state index contributed by atoms with van der Waals surface area (Å²) in [6, 6.07) is 9.93. The number of aromatic nitrogens is 5. The molecule has 8 heteroatoms. The highest BCUT2D eigenvalue weighted by molar-refractivity contribution is 7.13. The predicted molar refractivity (Wildman–Crippen MR) is 134 cm³/mol. The van der Waals surface area contributed by atoms with Gasteiger partial charge in [-0.25, -0.2) is 14.8 Å². The zero-order valence-electron chi connectivity index (χ0n) is 18.3. The predicted octanol–water partition coefficient (Wildman–Crippen LogP) is 6.26. The second-order valence-corrected chi connectivity index (χ2v) is 10.2. The summed E-state index contributed by atoms with van der Waals surface area (Å²) in [6.45, 7) is 2.69. The first kappa shape index (κ1) is 20.7. The third-order valence-corrected chi connectivity index (χ3v) is 8.02. The van der Waals surface area contributed by atoms with Gasteiger partial charge in [0.1, 0.15) is 10.7 Å². The number of nitrogens with zero attached hydrogens (tertiary/aromatic N) is 4. The van der Waals surface area contributed by atoms with Crippen LogP contribution in [0.4, 0.5) is 0 Å². The molecule has 1 N–H and O–H groups in total. The number of hydrogen-bond acceptors (Lipinski definition) is 4. The van der Waals surface area contributed by atoms with Gasteiger partial charge >= 0.3 is 5.69 Å². The second kappa shape index (κ2) is 8.15. The van der Waals surface area contributed by atoms with Crippen LogP contribution in [0.15, 0.2) is 52.9 Å². The number of nitrogens with one attached hydrogen (secondary N) is 1. The smallest absolute Gasteiger partial charge is 0.329 e. The summed E-state index contributed by atoms with van der Waals surface area (Å²) >= 11 is 7.73. The number of hydrogen-bond donors (Lipinski definition) is 1. The van der Waals surface area contributed by atoms with Crippen molar-refractivity contribution in [1.29, 1.82) is 0 Å². The van der Waals surface area contributed by atoms with Crippen molar-refractivity contribution < 1.29 is 0 Å². The van der Waals surface area contributed by atoms with Crippen molar-refractivity contribution in [3.63, 3.8) is 0 Å². The van der Waals surface area contributed by atoms with E-state index < -0.39 is 0 Å². The van der Waals surface area contributed by atoms with Crippen molar-refractivity contribution in [2.75, 3.05) is 0 Å². The number of imidazole rings is 1. The summed E-state index contributed by atoms with van der Waals surface area (Å²) in [4.78, 5) is 26.5. The topological polar surface area (TPSA) is 68.5 Å². The molecule has 1 aliphatic rings. The Morgan fingerprint density at radius 2 is 2.12 bits per heavy atom. The Bertz CT molecular complexity index is 1530. The van der Waals surface area contributed by atoms with Crippen molar-refractivity contribution in [2.24, 2.45) is 5.92 Å². The largest absolute Gasteiger partial charge is 0.346 e. The van der Waals surface area contributed by atoms with Crippen LogP contribution in [0, 0.1) is 5.92 Å². The molecule has 6 rings (SSSR count). The molecule has 0 saturated heterocycles. The molecule has 4 aromatic heterocycles. The van der Waals surface area contributed by atoms with Gasteiger partial charge in [0.05, 0.1) is 29.5 Å². The maximum Gasteiger partial charge on any atom is 0.329 e. The monoisotopic (exact) mass is 477 g/mol. The number of rotatable bonds is 4. The summed E-state index contributed by atoms with van der Waals surface area (Å²) in [5, 5.41) is 4.61. The molecule has 168 valence electrons. The standard InChI is InChI=1S/C25H24ClN5OS/c1-15-5-2-3-8-20(15)31-22-19-9-10-27-23(19)28-12-21(22)30(25(31)32)13-18-14-33-24(29-18)16-6-4-7-17(26)11-16/h4,6-7,9-12,14-15,20H,2-3,5,8,13H2,1H3,(H,27,28)/t15-,20+/m1/s1. The van der Waals surface area contributed by atoms with E-state index in [1.807, 2.05) is 57.2 Å². The third kappa shape index (κ3) is 3.50. The molecule has 0 bridgehead atoms. The highest BCUT2D eigenvalue weighted by atomic mass is 35.5. The Labute approximate surface area is 199 Å². The number of fused-ring (bicyclic) bond motifs is 3. The van der Waals surface area contributed by atoms with Gasteiger partial charge in [0, 0.05) is 33.6 Å². The van der Waals surface area contributed by atoms with Crippen LogP contribution in [0.2, 0.25) is 5.02 Å². The van der Waals surface area contributed by atoms with E-state index in [1.54, 1.807) is 11.3 Å². The van der Waals surface area contributed by atoms with E-state index in [9.17, 15) is 4.79 Å². The van der Waals surface area contributed by atoms with Crippen LogP contribution < -0.4 is 5.69 Å². The number of aromatic amines is 1.